The average molecular weight is 534 g/mol. The van der Waals surface area contributed by atoms with Crippen molar-refractivity contribution in [2.24, 2.45) is 11.1 Å². The number of aliphatic hydroxyl groups is 2. The molecule has 1 aliphatic heterocycles. The topological polar surface area (TPSA) is 173 Å². The molecule has 2 fully saturated rings. The van der Waals surface area contributed by atoms with Crippen LogP contribution < -0.4 is 20.5 Å². The molecule has 3 aromatic rings. The number of nitrogens with two attached hydrogens (primary N) is 2. The highest BCUT2D eigenvalue weighted by Crippen LogP contribution is 2.38. The summed E-state index contributed by atoms with van der Waals surface area (Å²) in [5, 5.41) is 26.5. The molecule has 3 heterocycles. The molecule has 0 spiro atoms. The van der Waals surface area contributed by atoms with E-state index in [2.05, 4.69) is 26.5 Å². The third kappa shape index (κ3) is 4.83. The summed E-state index contributed by atoms with van der Waals surface area (Å²) in [7, 11) is -3.99. The molecule has 196 valence electrons. The number of nitrogen functional groups attached to an aromatic ring is 1. The number of nitrogens with one attached hydrogen (secondary N) is 1. The third-order valence-electron chi connectivity index (χ3n) is 6.88. The minimum atomic E-state index is -3.99. The summed E-state index contributed by atoms with van der Waals surface area (Å²) in [5.41, 5.74) is 6.70. The van der Waals surface area contributed by atoms with Gasteiger partial charge in [0.1, 0.15) is 35.5 Å². The maximum atomic E-state index is 14.7. The molecule has 4 atom stereocenters. The van der Waals surface area contributed by atoms with Crippen LogP contribution in [0.3, 0.4) is 0 Å². The summed E-state index contributed by atoms with van der Waals surface area (Å²) in [4.78, 5) is 10.1. The summed E-state index contributed by atoms with van der Waals surface area (Å²) >= 11 is 0. The molecule has 0 radical (unpaired) electrons. The average Bonchev–Trinajstić information content (AvgIpc) is 3.28. The van der Waals surface area contributed by atoms with E-state index < -0.39 is 51.6 Å². The van der Waals surface area contributed by atoms with Gasteiger partial charge in [-0.2, -0.15) is 8.42 Å². The molecule has 2 aromatic heterocycles. The van der Waals surface area contributed by atoms with Crippen LogP contribution in [0.4, 0.5) is 20.3 Å². The number of benzene rings is 1. The molecule has 2 aliphatic rings. The first kappa shape index (κ1) is 25.3. The third-order valence-corrected chi connectivity index (χ3v) is 7.45. The SMILES string of the molecule is Nc1ncnc2c1c(C#Cc1c(F)cc(N3CCC3)cc1F)cn2[C@@H]1C[C@H](CNS(N)(=O)=O)[C@H](O)[C@@H]1O. The Morgan fingerprint density at radius 1 is 1.14 bits per heavy atom. The fourth-order valence-electron chi connectivity index (χ4n) is 4.82. The number of aliphatic hydroxyl groups excluding tert-OH is 2. The lowest BCUT2D eigenvalue weighted by Crippen LogP contribution is -2.38. The van der Waals surface area contributed by atoms with Crippen molar-refractivity contribution in [3.63, 3.8) is 0 Å². The zero-order valence-electron chi connectivity index (χ0n) is 19.5. The lowest BCUT2D eigenvalue weighted by molar-refractivity contribution is 0.00769. The summed E-state index contributed by atoms with van der Waals surface area (Å²) in [5.74, 6) is 3.15. The molecule has 11 nitrogen and oxygen atoms in total. The van der Waals surface area contributed by atoms with Gasteiger partial charge in [0.25, 0.3) is 10.2 Å². The molecule has 0 bridgehead atoms. The molecule has 1 saturated carbocycles. The molecule has 5 rings (SSSR count). The first-order chi connectivity index (χ1) is 17.5. The van der Waals surface area contributed by atoms with Gasteiger partial charge in [0.15, 0.2) is 0 Å². The maximum absolute atomic E-state index is 14.7. The standard InChI is InChI=1S/C23H25F2N7O4S/c24-16-7-14(31-4-1-5-31)8-17(25)15(16)3-2-12-10-32(23-19(12)22(26)28-11-29-23)18-6-13(20(33)21(18)34)9-30-37(27,35)36/h7-8,10-11,13,18,20-21,30,33-34H,1,4-6,9H2,(H2,26,28,29)(H2,27,35,36)/t13-,18-,20+,21-/m1/s1. The molecule has 1 saturated heterocycles. The Morgan fingerprint density at radius 2 is 1.84 bits per heavy atom. The fourth-order valence-corrected chi connectivity index (χ4v) is 5.27. The zero-order chi connectivity index (χ0) is 26.5. The first-order valence-corrected chi connectivity index (χ1v) is 13.1. The van der Waals surface area contributed by atoms with E-state index in [-0.39, 0.29) is 24.3 Å². The Morgan fingerprint density at radius 3 is 2.46 bits per heavy atom. The second kappa shape index (κ2) is 9.51. The van der Waals surface area contributed by atoms with E-state index >= 15 is 0 Å². The van der Waals surface area contributed by atoms with Crippen molar-refractivity contribution in [3.05, 3.63) is 47.4 Å². The van der Waals surface area contributed by atoms with Gasteiger partial charge in [0, 0.05) is 37.4 Å². The van der Waals surface area contributed by atoms with Crippen molar-refractivity contribution in [1.29, 1.82) is 0 Å². The van der Waals surface area contributed by atoms with E-state index in [1.807, 2.05) is 4.90 Å². The van der Waals surface area contributed by atoms with Crippen molar-refractivity contribution < 1.29 is 27.4 Å². The number of fused-ring (bicyclic) bond motifs is 1. The Hall–Kier alpha value is -3.35. The summed E-state index contributed by atoms with van der Waals surface area (Å²) in [6.07, 6.45) is 1.35. The van der Waals surface area contributed by atoms with Crippen LogP contribution in [-0.2, 0) is 10.2 Å². The van der Waals surface area contributed by atoms with Crippen molar-refractivity contribution in [3.8, 4) is 11.8 Å². The van der Waals surface area contributed by atoms with Crippen LogP contribution >= 0.6 is 0 Å². The minimum absolute atomic E-state index is 0.0719. The van der Waals surface area contributed by atoms with Gasteiger partial charge in [-0.15, -0.1) is 0 Å². The maximum Gasteiger partial charge on any atom is 0.274 e. The van der Waals surface area contributed by atoms with Gasteiger partial charge in [-0.3, -0.25) is 0 Å². The summed E-state index contributed by atoms with van der Waals surface area (Å²) < 4.78 is 55.7. The number of aromatic nitrogens is 3. The van der Waals surface area contributed by atoms with E-state index in [0.29, 0.717) is 16.7 Å². The molecular formula is C23H25F2N7O4S. The first-order valence-electron chi connectivity index (χ1n) is 11.5. The number of hydrogen-bond acceptors (Lipinski definition) is 8. The molecule has 7 N–H and O–H groups in total. The molecule has 37 heavy (non-hydrogen) atoms. The fraction of sp³-hybridized carbons (Fsp3) is 0.391. The minimum Gasteiger partial charge on any atom is -0.390 e. The highest BCUT2D eigenvalue weighted by atomic mass is 32.2. The smallest absolute Gasteiger partial charge is 0.274 e. The van der Waals surface area contributed by atoms with Crippen LogP contribution in [0.25, 0.3) is 11.0 Å². The van der Waals surface area contributed by atoms with Crippen LogP contribution in [0.15, 0.2) is 24.7 Å². The second-order valence-electron chi connectivity index (χ2n) is 9.22. The number of hydrogen-bond donors (Lipinski definition) is 5. The van der Waals surface area contributed by atoms with Crippen LogP contribution in [0.2, 0.25) is 0 Å². The molecule has 0 unspecified atom stereocenters. The van der Waals surface area contributed by atoms with E-state index in [9.17, 15) is 27.4 Å². The van der Waals surface area contributed by atoms with Crippen molar-refractivity contribution >= 4 is 32.7 Å². The zero-order valence-corrected chi connectivity index (χ0v) is 20.3. The highest BCUT2D eigenvalue weighted by molar-refractivity contribution is 7.87. The van der Waals surface area contributed by atoms with Gasteiger partial charge in [-0.05, 0) is 25.0 Å². The Labute approximate surface area is 211 Å². The Bertz CT molecular complexity index is 1510. The number of halogens is 2. The number of nitrogens with zero attached hydrogens (tertiary/aromatic N) is 4. The van der Waals surface area contributed by atoms with E-state index in [0.717, 1.165) is 19.5 Å². The Balaban J connectivity index is 1.50. The van der Waals surface area contributed by atoms with E-state index in [1.54, 1.807) is 4.57 Å². The van der Waals surface area contributed by atoms with Crippen molar-refractivity contribution in [2.75, 3.05) is 30.3 Å². The van der Waals surface area contributed by atoms with Gasteiger partial charge in [-0.1, -0.05) is 11.8 Å². The quantitative estimate of drug-likeness (QED) is 0.285. The predicted octanol–water partition coefficient (Wildman–Crippen LogP) is -0.0225. The Kier molecular flexibility index (Phi) is 6.50. The van der Waals surface area contributed by atoms with Crippen LogP contribution in [0, 0.1) is 29.4 Å². The van der Waals surface area contributed by atoms with Crippen molar-refractivity contribution in [2.45, 2.75) is 31.1 Å². The molecule has 1 aromatic carbocycles. The lowest BCUT2D eigenvalue weighted by atomic mass is 10.1. The highest BCUT2D eigenvalue weighted by Gasteiger charge is 2.43. The number of anilines is 2. The normalized spacial score (nSPS) is 23.6. The van der Waals surface area contributed by atoms with Gasteiger partial charge in [0.2, 0.25) is 0 Å². The van der Waals surface area contributed by atoms with Crippen LogP contribution in [0.5, 0.6) is 0 Å². The van der Waals surface area contributed by atoms with Gasteiger partial charge < -0.3 is 25.4 Å². The second-order valence-corrected chi connectivity index (χ2v) is 10.6. The largest absolute Gasteiger partial charge is 0.390 e. The van der Waals surface area contributed by atoms with Crippen molar-refractivity contribution in [1.82, 2.24) is 19.3 Å². The molecular weight excluding hydrogens is 508 g/mol. The van der Waals surface area contributed by atoms with Crippen LogP contribution in [-0.4, -0.2) is 65.0 Å². The lowest BCUT2D eigenvalue weighted by Gasteiger charge is -2.33. The molecule has 0 amide bonds. The number of rotatable bonds is 5. The van der Waals surface area contributed by atoms with Gasteiger partial charge in [0.05, 0.1) is 28.7 Å². The molecule has 14 heteroatoms. The molecule has 1 aliphatic carbocycles. The predicted molar refractivity (Wildman–Crippen MR) is 131 cm³/mol. The van der Waals surface area contributed by atoms with Gasteiger partial charge >= 0.3 is 0 Å². The van der Waals surface area contributed by atoms with E-state index in [4.69, 9.17) is 10.9 Å². The van der Waals surface area contributed by atoms with Gasteiger partial charge in [-0.25, -0.2) is 28.6 Å². The van der Waals surface area contributed by atoms with Crippen LogP contribution in [0.1, 0.15) is 30.0 Å². The summed E-state index contributed by atoms with van der Waals surface area (Å²) in [6.45, 7) is 1.30. The van der Waals surface area contributed by atoms with E-state index in [1.165, 1.54) is 24.7 Å². The monoisotopic (exact) mass is 533 g/mol. The summed E-state index contributed by atoms with van der Waals surface area (Å²) in [6, 6.07) is 1.77.